The fourth-order valence-corrected chi connectivity index (χ4v) is 2.47. The van der Waals surface area contributed by atoms with Crippen LogP contribution in [0.25, 0.3) is 0 Å². The summed E-state index contributed by atoms with van der Waals surface area (Å²) in [6.45, 7) is 0. The molecule has 0 aromatic heterocycles. The Kier molecular flexibility index (Phi) is 3.32. The lowest BCUT2D eigenvalue weighted by atomic mass is 9.97. The predicted molar refractivity (Wildman–Crippen MR) is 74.6 cm³/mol. The topological polar surface area (TPSA) is 26.3 Å². The van der Waals surface area contributed by atoms with Crippen molar-refractivity contribution < 1.29 is 9.53 Å². The first-order chi connectivity index (χ1) is 9.33. The van der Waals surface area contributed by atoms with Crippen LogP contribution in [-0.4, -0.2) is 11.9 Å². The Bertz CT molecular complexity index is 575. The van der Waals surface area contributed by atoms with Gasteiger partial charge in [0.05, 0.1) is 5.56 Å². The zero-order chi connectivity index (χ0) is 13.1. The standard InChI is InChI=1S/C17H16O2/c18-16-12-14(11-10-13-6-2-1-3-7-13)19-17-9-5-4-8-15(16)17/h1-9,14H,10-12H2. The van der Waals surface area contributed by atoms with Crippen LogP contribution in [-0.2, 0) is 6.42 Å². The fourth-order valence-electron chi connectivity index (χ4n) is 2.47. The van der Waals surface area contributed by atoms with E-state index in [0.29, 0.717) is 6.42 Å². The van der Waals surface area contributed by atoms with E-state index in [1.54, 1.807) is 0 Å². The summed E-state index contributed by atoms with van der Waals surface area (Å²) < 4.78 is 5.90. The smallest absolute Gasteiger partial charge is 0.170 e. The average Bonchev–Trinajstić information content (AvgIpc) is 2.46. The maximum atomic E-state index is 12.0. The summed E-state index contributed by atoms with van der Waals surface area (Å²) >= 11 is 0. The van der Waals surface area contributed by atoms with Gasteiger partial charge in [0.1, 0.15) is 11.9 Å². The number of para-hydroxylation sites is 1. The van der Waals surface area contributed by atoms with E-state index in [4.69, 9.17) is 4.74 Å². The van der Waals surface area contributed by atoms with Gasteiger partial charge in [0, 0.05) is 6.42 Å². The minimum atomic E-state index is 0.00241. The van der Waals surface area contributed by atoms with Crippen LogP contribution < -0.4 is 4.74 Å². The highest BCUT2D eigenvalue weighted by Crippen LogP contribution is 2.28. The van der Waals surface area contributed by atoms with Gasteiger partial charge in [0.25, 0.3) is 0 Å². The molecular weight excluding hydrogens is 236 g/mol. The number of ether oxygens (including phenoxy) is 1. The first-order valence-electron chi connectivity index (χ1n) is 6.66. The molecule has 2 aromatic rings. The molecular formula is C17H16O2. The molecule has 0 saturated carbocycles. The minimum Gasteiger partial charge on any atom is -0.489 e. The SMILES string of the molecule is O=C1CC(CCc2ccccc2)Oc2ccccc21. The molecule has 1 atom stereocenters. The second kappa shape index (κ2) is 5.27. The van der Waals surface area contributed by atoms with Gasteiger partial charge in [-0.25, -0.2) is 0 Å². The van der Waals surface area contributed by atoms with Crippen LogP contribution in [0.3, 0.4) is 0 Å². The summed E-state index contributed by atoms with van der Waals surface area (Å²) in [5.74, 6) is 0.928. The highest BCUT2D eigenvalue weighted by atomic mass is 16.5. The Morgan fingerprint density at radius 2 is 1.74 bits per heavy atom. The van der Waals surface area contributed by atoms with Gasteiger partial charge in [-0.2, -0.15) is 0 Å². The van der Waals surface area contributed by atoms with Gasteiger partial charge in [0.15, 0.2) is 5.78 Å². The number of ketones is 1. The van der Waals surface area contributed by atoms with Crippen LogP contribution in [0.2, 0.25) is 0 Å². The van der Waals surface area contributed by atoms with Crippen LogP contribution in [0.5, 0.6) is 5.75 Å². The van der Waals surface area contributed by atoms with Crippen molar-refractivity contribution in [2.24, 2.45) is 0 Å². The Morgan fingerprint density at radius 3 is 2.58 bits per heavy atom. The first kappa shape index (κ1) is 12.0. The Balaban J connectivity index is 1.67. The largest absolute Gasteiger partial charge is 0.489 e. The molecule has 19 heavy (non-hydrogen) atoms. The normalized spacial score (nSPS) is 17.7. The number of aryl methyl sites for hydroxylation is 1. The molecule has 0 spiro atoms. The summed E-state index contributed by atoms with van der Waals surface area (Å²) in [6, 6.07) is 17.8. The van der Waals surface area contributed by atoms with Gasteiger partial charge >= 0.3 is 0 Å². The van der Waals surface area contributed by atoms with Crippen LogP contribution in [0.15, 0.2) is 54.6 Å². The lowest BCUT2D eigenvalue weighted by molar-refractivity contribution is 0.0839. The number of benzene rings is 2. The number of hydrogen-bond acceptors (Lipinski definition) is 2. The maximum Gasteiger partial charge on any atom is 0.170 e. The maximum absolute atomic E-state index is 12.0. The molecule has 2 nitrogen and oxygen atoms in total. The van der Waals surface area contributed by atoms with E-state index >= 15 is 0 Å². The van der Waals surface area contributed by atoms with E-state index in [1.165, 1.54) is 5.56 Å². The molecule has 1 unspecified atom stereocenters. The van der Waals surface area contributed by atoms with Crippen molar-refractivity contribution in [1.29, 1.82) is 0 Å². The summed E-state index contributed by atoms with van der Waals surface area (Å²) in [7, 11) is 0. The molecule has 1 aliphatic rings. The monoisotopic (exact) mass is 252 g/mol. The van der Waals surface area contributed by atoms with Crippen molar-refractivity contribution in [2.45, 2.75) is 25.4 Å². The third-order valence-electron chi connectivity index (χ3n) is 3.49. The van der Waals surface area contributed by atoms with Crippen molar-refractivity contribution in [2.75, 3.05) is 0 Å². The zero-order valence-corrected chi connectivity index (χ0v) is 10.7. The van der Waals surface area contributed by atoms with Crippen molar-refractivity contribution >= 4 is 5.78 Å². The molecule has 1 aliphatic heterocycles. The van der Waals surface area contributed by atoms with E-state index in [2.05, 4.69) is 12.1 Å². The molecule has 3 rings (SSSR count). The van der Waals surface area contributed by atoms with Crippen LogP contribution >= 0.6 is 0 Å². The highest BCUT2D eigenvalue weighted by molar-refractivity contribution is 5.99. The Morgan fingerprint density at radius 1 is 1.00 bits per heavy atom. The molecule has 0 bridgehead atoms. The van der Waals surface area contributed by atoms with Gasteiger partial charge in [-0.1, -0.05) is 42.5 Å². The quantitative estimate of drug-likeness (QED) is 0.833. The molecule has 0 fully saturated rings. The second-order valence-electron chi connectivity index (χ2n) is 4.89. The van der Waals surface area contributed by atoms with E-state index in [0.717, 1.165) is 24.2 Å². The Hall–Kier alpha value is -2.09. The van der Waals surface area contributed by atoms with Crippen molar-refractivity contribution in [3.05, 3.63) is 65.7 Å². The number of Topliss-reactive ketones (excluding diaryl/α,β-unsaturated/α-hetero) is 1. The number of carbonyl (C=O) groups is 1. The predicted octanol–water partition coefficient (Wildman–Crippen LogP) is 3.65. The molecule has 0 radical (unpaired) electrons. The molecule has 0 N–H and O–H groups in total. The van der Waals surface area contributed by atoms with Crippen molar-refractivity contribution in [3.63, 3.8) is 0 Å². The number of carbonyl (C=O) groups excluding carboxylic acids is 1. The highest BCUT2D eigenvalue weighted by Gasteiger charge is 2.25. The van der Waals surface area contributed by atoms with Crippen LogP contribution in [0, 0.1) is 0 Å². The van der Waals surface area contributed by atoms with E-state index in [1.807, 2.05) is 42.5 Å². The fraction of sp³-hybridized carbons (Fsp3) is 0.235. The zero-order valence-electron chi connectivity index (χ0n) is 10.7. The molecule has 2 heteroatoms. The lowest BCUT2D eigenvalue weighted by Crippen LogP contribution is -2.27. The molecule has 96 valence electrons. The average molecular weight is 252 g/mol. The van der Waals surface area contributed by atoms with E-state index in [-0.39, 0.29) is 11.9 Å². The molecule has 1 heterocycles. The van der Waals surface area contributed by atoms with Gasteiger partial charge in [0.2, 0.25) is 0 Å². The third-order valence-corrected chi connectivity index (χ3v) is 3.49. The van der Waals surface area contributed by atoms with E-state index in [9.17, 15) is 4.79 Å². The second-order valence-corrected chi connectivity index (χ2v) is 4.89. The minimum absolute atomic E-state index is 0.00241. The van der Waals surface area contributed by atoms with Gasteiger partial charge in [-0.05, 0) is 30.5 Å². The number of hydrogen-bond donors (Lipinski definition) is 0. The number of fused-ring (bicyclic) bond motifs is 1. The van der Waals surface area contributed by atoms with Gasteiger partial charge in [-0.15, -0.1) is 0 Å². The lowest BCUT2D eigenvalue weighted by Gasteiger charge is -2.25. The van der Waals surface area contributed by atoms with Gasteiger partial charge < -0.3 is 4.74 Å². The molecule has 0 amide bonds. The summed E-state index contributed by atoms with van der Waals surface area (Å²) in [5, 5.41) is 0. The first-order valence-corrected chi connectivity index (χ1v) is 6.66. The van der Waals surface area contributed by atoms with Crippen LogP contribution in [0.1, 0.15) is 28.8 Å². The summed E-state index contributed by atoms with van der Waals surface area (Å²) in [6.07, 6.45) is 2.32. The van der Waals surface area contributed by atoms with Gasteiger partial charge in [-0.3, -0.25) is 4.79 Å². The molecule has 2 aromatic carbocycles. The summed E-state index contributed by atoms with van der Waals surface area (Å²) in [5.41, 5.74) is 2.01. The Labute approximate surface area is 113 Å². The van der Waals surface area contributed by atoms with Crippen LogP contribution in [0.4, 0.5) is 0 Å². The van der Waals surface area contributed by atoms with Crippen molar-refractivity contribution in [1.82, 2.24) is 0 Å². The van der Waals surface area contributed by atoms with E-state index < -0.39 is 0 Å². The molecule has 0 saturated heterocycles. The third kappa shape index (κ3) is 2.68. The van der Waals surface area contributed by atoms with Crippen molar-refractivity contribution in [3.8, 4) is 5.75 Å². The summed E-state index contributed by atoms with van der Waals surface area (Å²) in [4.78, 5) is 12.0. The molecule has 0 aliphatic carbocycles. The number of rotatable bonds is 3.